The molecule has 3 aromatic rings. The zero-order valence-electron chi connectivity index (χ0n) is 13.3. The predicted molar refractivity (Wildman–Crippen MR) is 95.3 cm³/mol. The lowest BCUT2D eigenvalue weighted by Gasteiger charge is -2.09. The first-order chi connectivity index (χ1) is 11.2. The van der Waals surface area contributed by atoms with Gasteiger partial charge in [-0.2, -0.15) is 0 Å². The Morgan fingerprint density at radius 1 is 0.783 bits per heavy atom. The van der Waals surface area contributed by atoms with E-state index < -0.39 is 0 Å². The third-order valence-electron chi connectivity index (χ3n) is 3.87. The topological polar surface area (TPSA) is 35.2 Å². The highest BCUT2D eigenvalue weighted by Crippen LogP contribution is 2.24. The highest BCUT2D eigenvalue weighted by atomic mass is 16.5. The van der Waals surface area contributed by atoms with E-state index in [2.05, 4.69) is 48.5 Å². The van der Waals surface area contributed by atoms with Crippen molar-refractivity contribution < 1.29 is 4.74 Å². The molecular weight excluding hydrogens is 282 g/mol. The molecule has 2 N–H and O–H groups in total. The minimum absolute atomic E-state index is 0.0674. The van der Waals surface area contributed by atoms with Crippen molar-refractivity contribution >= 4 is 0 Å². The monoisotopic (exact) mass is 303 g/mol. The van der Waals surface area contributed by atoms with Gasteiger partial charge in [0.25, 0.3) is 0 Å². The van der Waals surface area contributed by atoms with Crippen LogP contribution in [0.5, 0.6) is 5.75 Å². The van der Waals surface area contributed by atoms with Crippen LogP contribution in [0.15, 0.2) is 78.9 Å². The van der Waals surface area contributed by atoms with Crippen LogP contribution in [-0.2, 0) is 6.61 Å². The van der Waals surface area contributed by atoms with E-state index >= 15 is 0 Å². The van der Waals surface area contributed by atoms with Crippen LogP contribution in [0.1, 0.15) is 24.1 Å². The summed E-state index contributed by atoms with van der Waals surface area (Å²) in [6.45, 7) is 2.58. The van der Waals surface area contributed by atoms with Gasteiger partial charge in [0.2, 0.25) is 0 Å². The molecule has 23 heavy (non-hydrogen) atoms. The quantitative estimate of drug-likeness (QED) is 0.723. The molecular formula is C21H21NO. The molecule has 0 aromatic heterocycles. The summed E-state index contributed by atoms with van der Waals surface area (Å²) in [6, 6.07) is 26.8. The summed E-state index contributed by atoms with van der Waals surface area (Å²) >= 11 is 0. The molecule has 3 aromatic carbocycles. The highest BCUT2D eigenvalue weighted by Gasteiger charge is 2.02. The zero-order chi connectivity index (χ0) is 16.1. The van der Waals surface area contributed by atoms with Gasteiger partial charge in [-0.05, 0) is 41.3 Å². The van der Waals surface area contributed by atoms with Crippen molar-refractivity contribution in [3.63, 3.8) is 0 Å². The second kappa shape index (κ2) is 7.12. The van der Waals surface area contributed by atoms with Crippen molar-refractivity contribution in [2.45, 2.75) is 19.6 Å². The lowest BCUT2D eigenvalue weighted by molar-refractivity contribution is 0.306. The fourth-order valence-corrected chi connectivity index (χ4v) is 2.46. The van der Waals surface area contributed by atoms with Crippen molar-refractivity contribution in [3.8, 4) is 16.9 Å². The molecule has 0 fully saturated rings. The maximum atomic E-state index is 5.89. The second-order valence-electron chi connectivity index (χ2n) is 5.71. The summed E-state index contributed by atoms with van der Waals surface area (Å²) in [5, 5.41) is 0. The van der Waals surface area contributed by atoms with Crippen molar-refractivity contribution in [2.75, 3.05) is 0 Å². The van der Waals surface area contributed by atoms with Crippen LogP contribution in [0, 0.1) is 0 Å². The summed E-state index contributed by atoms with van der Waals surface area (Å²) in [4.78, 5) is 0. The van der Waals surface area contributed by atoms with Gasteiger partial charge in [0, 0.05) is 6.04 Å². The fraction of sp³-hybridized carbons (Fsp3) is 0.143. The molecule has 0 aliphatic rings. The number of hydrogen-bond acceptors (Lipinski definition) is 2. The zero-order valence-corrected chi connectivity index (χ0v) is 13.3. The average Bonchev–Trinajstić information content (AvgIpc) is 2.61. The van der Waals surface area contributed by atoms with Gasteiger partial charge in [0.05, 0.1) is 0 Å². The number of hydrogen-bond donors (Lipinski definition) is 1. The van der Waals surface area contributed by atoms with Crippen LogP contribution in [0.3, 0.4) is 0 Å². The van der Waals surface area contributed by atoms with E-state index in [0.29, 0.717) is 6.61 Å². The normalized spacial score (nSPS) is 11.9. The Labute approximate surface area is 137 Å². The first-order valence-corrected chi connectivity index (χ1v) is 7.85. The molecule has 0 saturated heterocycles. The maximum absolute atomic E-state index is 5.89. The van der Waals surface area contributed by atoms with Crippen LogP contribution in [0.2, 0.25) is 0 Å². The van der Waals surface area contributed by atoms with E-state index in [4.69, 9.17) is 10.5 Å². The molecule has 0 bridgehead atoms. The number of rotatable bonds is 5. The van der Waals surface area contributed by atoms with Gasteiger partial charge >= 0.3 is 0 Å². The Hall–Kier alpha value is -2.58. The molecule has 0 radical (unpaired) electrons. The van der Waals surface area contributed by atoms with Gasteiger partial charge in [-0.3, -0.25) is 0 Å². The molecule has 116 valence electrons. The molecule has 2 heteroatoms. The summed E-state index contributed by atoms with van der Waals surface area (Å²) < 4.78 is 5.82. The smallest absolute Gasteiger partial charge is 0.119 e. The summed E-state index contributed by atoms with van der Waals surface area (Å²) in [7, 11) is 0. The SMILES string of the molecule is CC(N)c1ccc(-c2ccc(OCc3ccccc3)cc2)cc1. The Morgan fingerprint density at radius 3 is 1.91 bits per heavy atom. The summed E-state index contributed by atoms with van der Waals surface area (Å²) in [5.41, 5.74) is 10.6. The highest BCUT2D eigenvalue weighted by molar-refractivity contribution is 5.64. The largest absolute Gasteiger partial charge is 0.489 e. The van der Waals surface area contributed by atoms with Crippen LogP contribution in [-0.4, -0.2) is 0 Å². The lowest BCUT2D eigenvalue weighted by atomic mass is 10.0. The van der Waals surface area contributed by atoms with Gasteiger partial charge < -0.3 is 10.5 Å². The van der Waals surface area contributed by atoms with Crippen molar-refractivity contribution in [1.82, 2.24) is 0 Å². The molecule has 0 amide bonds. The minimum Gasteiger partial charge on any atom is -0.489 e. The van der Waals surface area contributed by atoms with E-state index in [1.807, 2.05) is 37.3 Å². The fourth-order valence-electron chi connectivity index (χ4n) is 2.46. The van der Waals surface area contributed by atoms with Gasteiger partial charge in [0.15, 0.2) is 0 Å². The average molecular weight is 303 g/mol. The molecule has 2 nitrogen and oxygen atoms in total. The molecule has 1 atom stereocenters. The van der Waals surface area contributed by atoms with Crippen molar-refractivity contribution in [1.29, 1.82) is 0 Å². The molecule has 0 spiro atoms. The Kier molecular flexibility index (Phi) is 4.74. The number of nitrogens with two attached hydrogens (primary N) is 1. The summed E-state index contributed by atoms with van der Waals surface area (Å²) in [6.07, 6.45) is 0. The maximum Gasteiger partial charge on any atom is 0.119 e. The minimum atomic E-state index is 0.0674. The number of benzene rings is 3. The molecule has 0 heterocycles. The van der Waals surface area contributed by atoms with Crippen molar-refractivity contribution in [3.05, 3.63) is 90.0 Å². The standard InChI is InChI=1S/C21H21NO/c1-16(22)18-7-9-19(10-8-18)20-11-13-21(14-12-20)23-15-17-5-3-2-4-6-17/h2-14,16H,15,22H2,1H3. The van der Waals surface area contributed by atoms with Crippen LogP contribution >= 0.6 is 0 Å². The molecule has 0 aliphatic heterocycles. The first-order valence-electron chi connectivity index (χ1n) is 7.85. The van der Waals surface area contributed by atoms with Gasteiger partial charge in [-0.1, -0.05) is 66.7 Å². The van der Waals surface area contributed by atoms with E-state index in [-0.39, 0.29) is 6.04 Å². The second-order valence-corrected chi connectivity index (χ2v) is 5.71. The predicted octanol–water partition coefficient (Wildman–Crippen LogP) is 4.95. The van der Waals surface area contributed by atoms with E-state index in [1.54, 1.807) is 0 Å². The molecule has 0 saturated carbocycles. The molecule has 3 rings (SSSR count). The number of ether oxygens (including phenoxy) is 1. The van der Waals surface area contributed by atoms with E-state index in [0.717, 1.165) is 11.3 Å². The van der Waals surface area contributed by atoms with E-state index in [9.17, 15) is 0 Å². The molecule has 1 unspecified atom stereocenters. The van der Waals surface area contributed by atoms with Gasteiger partial charge in [0.1, 0.15) is 12.4 Å². The van der Waals surface area contributed by atoms with Crippen LogP contribution in [0.4, 0.5) is 0 Å². The van der Waals surface area contributed by atoms with Crippen LogP contribution < -0.4 is 10.5 Å². The lowest BCUT2D eigenvalue weighted by Crippen LogP contribution is -2.04. The Balaban J connectivity index is 1.67. The summed E-state index contributed by atoms with van der Waals surface area (Å²) in [5.74, 6) is 0.879. The van der Waals surface area contributed by atoms with E-state index in [1.165, 1.54) is 16.7 Å². The Morgan fingerprint density at radius 2 is 1.35 bits per heavy atom. The van der Waals surface area contributed by atoms with Crippen molar-refractivity contribution in [2.24, 2.45) is 5.73 Å². The van der Waals surface area contributed by atoms with Gasteiger partial charge in [-0.15, -0.1) is 0 Å². The Bertz CT molecular complexity index is 731. The molecule has 0 aliphatic carbocycles. The van der Waals surface area contributed by atoms with Crippen LogP contribution in [0.25, 0.3) is 11.1 Å². The first kappa shape index (κ1) is 15.3. The third kappa shape index (κ3) is 3.99. The third-order valence-corrected chi connectivity index (χ3v) is 3.87. The van der Waals surface area contributed by atoms with Gasteiger partial charge in [-0.25, -0.2) is 0 Å².